The zero-order chi connectivity index (χ0) is 16.2. The Labute approximate surface area is 140 Å². The van der Waals surface area contributed by atoms with Gasteiger partial charge in [0.05, 0.1) is 11.6 Å². The van der Waals surface area contributed by atoms with Crippen LogP contribution >= 0.6 is 11.6 Å². The van der Waals surface area contributed by atoms with Crippen molar-refractivity contribution in [1.82, 2.24) is 9.80 Å². The van der Waals surface area contributed by atoms with Crippen LogP contribution in [0.15, 0.2) is 36.4 Å². The second kappa shape index (κ2) is 6.99. The number of hydrogen-bond donors (Lipinski definition) is 0. The van der Waals surface area contributed by atoms with E-state index in [0.717, 1.165) is 30.6 Å². The van der Waals surface area contributed by atoms with Crippen LogP contribution < -0.4 is 0 Å². The van der Waals surface area contributed by atoms with E-state index in [-0.39, 0.29) is 11.8 Å². The number of nitrogens with zero attached hydrogens (tertiary/aromatic N) is 3. The average molecular weight is 328 g/mol. The summed E-state index contributed by atoms with van der Waals surface area (Å²) < 4.78 is 0. The lowest BCUT2D eigenvalue weighted by molar-refractivity contribution is -0.130. The lowest BCUT2D eigenvalue weighted by atomic mass is 10.0. The van der Waals surface area contributed by atoms with Gasteiger partial charge in [-0.15, -0.1) is 11.6 Å². The third-order valence-corrected chi connectivity index (χ3v) is 4.54. The van der Waals surface area contributed by atoms with Crippen molar-refractivity contribution in [3.63, 3.8) is 0 Å². The molecule has 0 bridgehead atoms. The Morgan fingerprint density at radius 2 is 1.91 bits per heavy atom. The van der Waals surface area contributed by atoms with E-state index in [9.17, 15) is 10.1 Å². The molecule has 23 heavy (non-hydrogen) atoms. The van der Waals surface area contributed by atoms with Gasteiger partial charge in [0.1, 0.15) is 5.88 Å². The van der Waals surface area contributed by atoms with Gasteiger partial charge >= 0.3 is 0 Å². The number of halogens is 1. The van der Waals surface area contributed by atoms with Gasteiger partial charge in [-0.25, -0.2) is 0 Å². The van der Waals surface area contributed by atoms with Crippen LogP contribution in [-0.4, -0.2) is 47.8 Å². The summed E-state index contributed by atoms with van der Waals surface area (Å²) >= 11 is 5.61. The second-order valence-electron chi connectivity index (χ2n) is 5.76. The second-order valence-corrected chi connectivity index (χ2v) is 6.03. The van der Waals surface area contributed by atoms with E-state index in [1.165, 1.54) is 5.39 Å². The minimum Gasteiger partial charge on any atom is -0.339 e. The number of fused-ring (bicyclic) bond motifs is 1. The molecule has 1 aliphatic rings. The van der Waals surface area contributed by atoms with E-state index in [1.807, 2.05) is 35.2 Å². The van der Waals surface area contributed by atoms with E-state index < -0.39 is 0 Å². The smallest absolute Gasteiger partial charge is 0.237 e. The molecule has 118 valence electrons. The number of rotatable bonds is 3. The first kappa shape index (κ1) is 15.8. The highest BCUT2D eigenvalue weighted by atomic mass is 35.5. The van der Waals surface area contributed by atoms with Gasteiger partial charge in [0, 0.05) is 32.7 Å². The fourth-order valence-electron chi connectivity index (χ4n) is 3.07. The first-order valence-corrected chi connectivity index (χ1v) is 8.22. The molecule has 4 nitrogen and oxygen atoms in total. The Hall–Kier alpha value is -2.09. The monoisotopic (exact) mass is 327 g/mol. The first-order valence-electron chi connectivity index (χ1n) is 7.69. The summed E-state index contributed by atoms with van der Waals surface area (Å²) in [6, 6.07) is 14.3. The van der Waals surface area contributed by atoms with Crippen molar-refractivity contribution in [1.29, 1.82) is 5.26 Å². The number of benzene rings is 2. The normalized spacial score (nSPS) is 15.6. The Balaban J connectivity index is 1.77. The van der Waals surface area contributed by atoms with E-state index in [2.05, 4.69) is 17.0 Å². The molecular weight excluding hydrogens is 310 g/mol. The number of carbonyl (C=O) groups excluding carboxylic acids is 1. The van der Waals surface area contributed by atoms with Gasteiger partial charge in [-0.2, -0.15) is 5.26 Å². The summed E-state index contributed by atoms with van der Waals surface area (Å²) in [5.74, 6) is 0.0535. The van der Waals surface area contributed by atoms with Crippen LogP contribution in [0.3, 0.4) is 0 Å². The van der Waals surface area contributed by atoms with Crippen molar-refractivity contribution >= 4 is 28.3 Å². The quantitative estimate of drug-likeness (QED) is 0.814. The molecule has 2 aromatic carbocycles. The topological polar surface area (TPSA) is 47.3 Å². The van der Waals surface area contributed by atoms with Crippen molar-refractivity contribution in [2.45, 2.75) is 6.54 Å². The van der Waals surface area contributed by atoms with Gasteiger partial charge in [-0.1, -0.05) is 24.3 Å². The van der Waals surface area contributed by atoms with Crippen molar-refractivity contribution in [3.8, 4) is 6.07 Å². The Bertz CT molecular complexity index is 760. The molecule has 0 atom stereocenters. The van der Waals surface area contributed by atoms with E-state index in [4.69, 9.17) is 11.6 Å². The van der Waals surface area contributed by atoms with Gasteiger partial charge in [-0.3, -0.25) is 9.69 Å². The number of piperazine rings is 1. The van der Waals surface area contributed by atoms with E-state index in [0.29, 0.717) is 18.7 Å². The van der Waals surface area contributed by atoms with E-state index in [1.54, 1.807) is 0 Å². The summed E-state index contributed by atoms with van der Waals surface area (Å²) in [7, 11) is 0. The Morgan fingerprint density at radius 1 is 1.17 bits per heavy atom. The van der Waals surface area contributed by atoms with Crippen LogP contribution in [-0.2, 0) is 11.3 Å². The summed E-state index contributed by atoms with van der Waals surface area (Å²) in [5.41, 5.74) is 1.85. The van der Waals surface area contributed by atoms with Crippen molar-refractivity contribution in [2.24, 2.45) is 0 Å². The lowest BCUT2D eigenvalue weighted by Gasteiger charge is -2.34. The highest BCUT2D eigenvalue weighted by molar-refractivity contribution is 6.27. The van der Waals surface area contributed by atoms with Crippen molar-refractivity contribution in [2.75, 3.05) is 32.1 Å². The summed E-state index contributed by atoms with van der Waals surface area (Å²) in [6.07, 6.45) is 0. The molecule has 1 fully saturated rings. The van der Waals surface area contributed by atoms with Gasteiger partial charge in [-0.05, 0) is 28.5 Å². The number of carbonyl (C=O) groups is 1. The Morgan fingerprint density at radius 3 is 2.61 bits per heavy atom. The Kier molecular flexibility index (Phi) is 4.80. The van der Waals surface area contributed by atoms with Crippen molar-refractivity contribution < 1.29 is 4.79 Å². The average Bonchev–Trinajstić information content (AvgIpc) is 2.61. The molecule has 0 spiro atoms. The largest absolute Gasteiger partial charge is 0.339 e. The van der Waals surface area contributed by atoms with Gasteiger partial charge < -0.3 is 4.90 Å². The first-order chi connectivity index (χ1) is 11.2. The highest BCUT2D eigenvalue weighted by Crippen LogP contribution is 2.23. The molecule has 1 saturated heterocycles. The fraction of sp³-hybridized carbons (Fsp3) is 0.333. The summed E-state index contributed by atoms with van der Waals surface area (Å²) in [4.78, 5) is 15.8. The molecule has 0 radical (unpaired) electrons. The zero-order valence-corrected chi connectivity index (χ0v) is 13.6. The third-order valence-electron chi connectivity index (χ3n) is 4.31. The zero-order valence-electron chi connectivity index (χ0n) is 12.8. The molecule has 1 heterocycles. The molecule has 0 N–H and O–H groups in total. The molecule has 0 unspecified atom stereocenters. The molecule has 0 aliphatic carbocycles. The highest BCUT2D eigenvalue weighted by Gasteiger charge is 2.20. The molecule has 0 saturated carbocycles. The predicted octanol–water partition coefficient (Wildman–Crippen LogP) is 2.59. The van der Waals surface area contributed by atoms with Gasteiger partial charge in [0.15, 0.2) is 0 Å². The van der Waals surface area contributed by atoms with Gasteiger partial charge in [0.2, 0.25) is 5.91 Å². The predicted molar refractivity (Wildman–Crippen MR) is 91.2 cm³/mol. The minimum atomic E-state index is 0.00300. The molecule has 1 amide bonds. The maximum Gasteiger partial charge on any atom is 0.237 e. The third kappa shape index (κ3) is 3.47. The van der Waals surface area contributed by atoms with Crippen LogP contribution in [0.25, 0.3) is 10.8 Å². The summed E-state index contributed by atoms with van der Waals surface area (Å²) in [6.45, 7) is 3.86. The van der Waals surface area contributed by atoms with Gasteiger partial charge in [0.25, 0.3) is 0 Å². The SMILES string of the molecule is N#Cc1cc(CN2CCN(C(=O)CCl)CC2)c2ccccc2c1. The number of alkyl halides is 1. The standard InChI is InChI=1S/C18H18ClN3O/c19-11-18(23)22-7-5-21(6-8-22)13-16-10-14(12-20)9-15-3-1-2-4-17(15)16/h1-4,9-10H,5-8,11,13H2. The number of hydrogen-bond acceptors (Lipinski definition) is 3. The van der Waals surface area contributed by atoms with Crippen LogP contribution in [0.5, 0.6) is 0 Å². The van der Waals surface area contributed by atoms with Crippen LogP contribution in [0.4, 0.5) is 0 Å². The maximum absolute atomic E-state index is 11.6. The molecular formula is C18H18ClN3O. The van der Waals surface area contributed by atoms with E-state index >= 15 is 0 Å². The van der Waals surface area contributed by atoms with Crippen LogP contribution in [0, 0.1) is 11.3 Å². The maximum atomic E-state index is 11.6. The fourth-order valence-corrected chi connectivity index (χ4v) is 3.24. The van der Waals surface area contributed by atoms with Crippen LogP contribution in [0.2, 0.25) is 0 Å². The molecule has 3 rings (SSSR count). The molecule has 1 aliphatic heterocycles. The molecule has 5 heteroatoms. The lowest BCUT2D eigenvalue weighted by Crippen LogP contribution is -2.48. The number of nitriles is 1. The molecule has 2 aromatic rings. The van der Waals surface area contributed by atoms with Crippen molar-refractivity contribution in [3.05, 3.63) is 47.5 Å². The van der Waals surface area contributed by atoms with Crippen LogP contribution in [0.1, 0.15) is 11.1 Å². The number of amides is 1. The summed E-state index contributed by atoms with van der Waals surface area (Å²) in [5, 5.41) is 11.5. The minimum absolute atomic E-state index is 0.00300. The molecule has 0 aromatic heterocycles.